The fourth-order valence-corrected chi connectivity index (χ4v) is 4.81. The van der Waals surface area contributed by atoms with E-state index in [1.807, 2.05) is 42.5 Å². The topological polar surface area (TPSA) is 91.3 Å². The van der Waals surface area contributed by atoms with Gasteiger partial charge in [0.25, 0.3) is 5.91 Å². The molecule has 0 unspecified atom stereocenters. The van der Waals surface area contributed by atoms with Crippen LogP contribution < -0.4 is 10.6 Å². The van der Waals surface area contributed by atoms with Gasteiger partial charge in [0.15, 0.2) is 0 Å². The summed E-state index contributed by atoms with van der Waals surface area (Å²) in [4.78, 5) is 27.9. The standard InChI is InChI=1S/C27H31N3O3/c1-17-14-20-6-4-5-7-22(20)29-25(17)30-24(21-15-27(2,3)16-21)18-8-10-19(11-9-18)26(33)28-13-12-23(31)32/h4-11,14,21,24H,12-13,15-16H2,1-3H3,(H,28,33)(H,29,30)(H,31,32)/t24-/m0/s1. The second-order valence-corrected chi connectivity index (χ2v) is 9.82. The Kier molecular flexibility index (Phi) is 6.36. The third-order valence-electron chi connectivity index (χ3n) is 6.46. The molecule has 0 saturated heterocycles. The molecule has 1 amide bonds. The lowest BCUT2D eigenvalue weighted by atomic mass is 9.61. The number of carboxylic acids is 1. The number of benzene rings is 2. The number of aliphatic carboxylic acids is 1. The van der Waals surface area contributed by atoms with Crippen molar-refractivity contribution in [2.24, 2.45) is 11.3 Å². The van der Waals surface area contributed by atoms with Crippen LogP contribution in [0.1, 0.15) is 60.6 Å². The van der Waals surface area contributed by atoms with E-state index in [-0.39, 0.29) is 24.9 Å². The summed E-state index contributed by atoms with van der Waals surface area (Å²) in [6.07, 6.45) is 2.15. The van der Waals surface area contributed by atoms with E-state index in [2.05, 4.69) is 43.5 Å². The van der Waals surface area contributed by atoms with Gasteiger partial charge in [-0.15, -0.1) is 0 Å². The van der Waals surface area contributed by atoms with Gasteiger partial charge in [0, 0.05) is 17.5 Å². The first kappa shape index (κ1) is 22.8. The lowest BCUT2D eigenvalue weighted by molar-refractivity contribution is -0.136. The van der Waals surface area contributed by atoms with Gasteiger partial charge in [-0.25, -0.2) is 4.98 Å². The summed E-state index contributed by atoms with van der Waals surface area (Å²) in [7, 11) is 0. The molecule has 6 heteroatoms. The van der Waals surface area contributed by atoms with Crippen LogP contribution in [0.3, 0.4) is 0 Å². The highest BCUT2D eigenvalue weighted by atomic mass is 16.4. The van der Waals surface area contributed by atoms with E-state index in [0.717, 1.165) is 40.7 Å². The second-order valence-electron chi connectivity index (χ2n) is 9.82. The zero-order chi connectivity index (χ0) is 23.6. The molecule has 6 nitrogen and oxygen atoms in total. The molecule has 2 aromatic carbocycles. The van der Waals surface area contributed by atoms with Crippen LogP contribution in [-0.2, 0) is 4.79 Å². The number of anilines is 1. The van der Waals surface area contributed by atoms with Crippen molar-refractivity contribution in [2.45, 2.75) is 46.1 Å². The van der Waals surface area contributed by atoms with Gasteiger partial charge < -0.3 is 15.7 Å². The summed E-state index contributed by atoms with van der Waals surface area (Å²) in [5, 5.41) is 16.2. The van der Waals surface area contributed by atoms with E-state index in [9.17, 15) is 9.59 Å². The number of hydrogen-bond donors (Lipinski definition) is 3. The average Bonchev–Trinajstić information content (AvgIpc) is 2.76. The van der Waals surface area contributed by atoms with Crippen LogP contribution in [0, 0.1) is 18.3 Å². The highest BCUT2D eigenvalue weighted by molar-refractivity contribution is 5.94. The molecule has 4 rings (SSSR count). The zero-order valence-corrected chi connectivity index (χ0v) is 19.4. The Morgan fingerprint density at radius 3 is 2.48 bits per heavy atom. The smallest absolute Gasteiger partial charge is 0.305 e. The molecule has 0 aliphatic heterocycles. The van der Waals surface area contributed by atoms with Gasteiger partial charge in [-0.2, -0.15) is 0 Å². The van der Waals surface area contributed by atoms with Crippen molar-refractivity contribution in [3.63, 3.8) is 0 Å². The number of pyridine rings is 1. The van der Waals surface area contributed by atoms with Crippen LogP contribution in [0.5, 0.6) is 0 Å². The molecular weight excluding hydrogens is 414 g/mol. The van der Waals surface area contributed by atoms with Gasteiger partial charge in [0.1, 0.15) is 5.82 Å². The van der Waals surface area contributed by atoms with Crippen molar-refractivity contribution in [1.82, 2.24) is 10.3 Å². The Morgan fingerprint density at radius 1 is 1.12 bits per heavy atom. The quantitative estimate of drug-likeness (QED) is 0.435. The summed E-state index contributed by atoms with van der Waals surface area (Å²) in [6, 6.07) is 18.0. The molecule has 172 valence electrons. The SMILES string of the molecule is Cc1cc2ccccc2nc1N[C@@H](c1ccc(C(=O)NCCC(=O)O)cc1)C1CC(C)(C)C1. The van der Waals surface area contributed by atoms with E-state index >= 15 is 0 Å². The van der Waals surface area contributed by atoms with E-state index in [4.69, 9.17) is 10.1 Å². The number of carbonyl (C=O) groups is 2. The Hall–Kier alpha value is -3.41. The fourth-order valence-electron chi connectivity index (χ4n) is 4.81. The minimum Gasteiger partial charge on any atom is -0.481 e. The highest BCUT2D eigenvalue weighted by Gasteiger charge is 2.41. The molecule has 1 atom stereocenters. The number of fused-ring (bicyclic) bond motifs is 1. The molecular formula is C27H31N3O3. The van der Waals surface area contributed by atoms with Crippen molar-refractivity contribution in [2.75, 3.05) is 11.9 Å². The minimum absolute atomic E-state index is 0.0919. The van der Waals surface area contributed by atoms with Crippen molar-refractivity contribution in [1.29, 1.82) is 0 Å². The van der Waals surface area contributed by atoms with E-state index in [0.29, 0.717) is 16.9 Å². The van der Waals surface area contributed by atoms with Crippen molar-refractivity contribution in [3.8, 4) is 0 Å². The third kappa shape index (κ3) is 5.33. The van der Waals surface area contributed by atoms with Crippen LogP contribution in [0.4, 0.5) is 5.82 Å². The molecule has 0 radical (unpaired) electrons. The molecule has 1 aliphatic rings. The summed E-state index contributed by atoms with van der Waals surface area (Å²) >= 11 is 0. The van der Waals surface area contributed by atoms with Gasteiger partial charge in [-0.1, -0.05) is 44.2 Å². The Labute approximate surface area is 194 Å². The Bertz CT molecular complexity index is 1160. The zero-order valence-electron chi connectivity index (χ0n) is 19.4. The Balaban J connectivity index is 1.56. The predicted octanol–water partition coefficient (Wildman–Crippen LogP) is 5.34. The summed E-state index contributed by atoms with van der Waals surface area (Å²) in [5.74, 6) is 0.173. The van der Waals surface area contributed by atoms with Gasteiger partial charge in [0.05, 0.1) is 18.0 Å². The van der Waals surface area contributed by atoms with Crippen molar-refractivity contribution in [3.05, 3.63) is 71.3 Å². The molecule has 1 aromatic heterocycles. The Morgan fingerprint density at radius 2 is 1.82 bits per heavy atom. The summed E-state index contributed by atoms with van der Waals surface area (Å²) in [5.41, 5.74) is 4.04. The third-order valence-corrected chi connectivity index (χ3v) is 6.46. The number of nitrogens with one attached hydrogen (secondary N) is 2. The molecule has 3 aromatic rings. The lowest BCUT2D eigenvalue weighted by Crippen LogP contribution is -2.38. The molecule has 3 N–H and O–H groups in total. The maximum Gasteiger partial charge on any atom is 0.305 e. The van der Waals surface area contributed by atoms with Crippen molar-refractivity contribution >= 4 is 28.6 Å². The van der Waals surface area contributed by atoms with Crippen molar-refractivity contribution < 1.29 is 14.7 Å². The largest absolute Gasteiger partial charge is 0.481 e. The molecule has 1 fully saturated rings. The maximum absolute atomic E-state index is 12.3. The number of nitrogens with zero attached hydrogens (tertiary/aromatic N) is 1. The molecule has 1 aliphatic carbocycles. The molecule has 0 spiro atoms. The number of hydrogen-bond acceptors (Lipinski definition) is 4. The highest BCUT2D eigenvalue weighted by Crippen LogP contribution is 2.51. The van der Waals surface area contributed by atoms with Crippen LogP contribution in [-0.4, -0.2) is 28.5 Å². The van der Waals surface area contributed by atoms with Gasteiger partial charge >= 0.3 is 5.97 Å². The number of aryl methyl sites for hydroxylation is 1. The lowest BCUT2D eigenvalue weighted by Gasteiger charge is -2.47. The fraction of sp³-hybridized carbons (Fsp3) is 0.370. The number of aromatic nitrogens is 1. The van der Waals surface area contributed by atoms with Crippen LogP contribution in [0.2, 0.25) is 0 Å². The molecule has 33 heavy (non-hydrogen) atoms. The summed E-state index contributed by atoms with van der Waals surface area (Å²) in [6.45, 7) is 6.79. The molecule has 0 bridgehead atoms. The first-order valence-electron chi connectivity index (χ1n) is 11.4. The van der Waals surface area contributed by atoms with Gasteiger partial charge in [-0.05, 0) is 66.5 Å². The first-order valence-corrected chi connectivity index (χ1v) is 11.4. The van der Waals surface area contributed by atoms with E-state index < -0.39 is 5.97 Å². The molecule has 1 heterocycles. The first-order chi connectivity index (χ1) is 15.7. The predicted molar refractivity (Wildman–Crippen MR) is 130 cm³/mol. The van der Waals surface area contributed by atoms with Gasteiger partial charge in [-0.3, -0.25) is 9.59 Å². The normalized spacial score (nSPS) is 16.1. The van der Waals surface area contributed by atoms with Gasteiger partial charge in [0.2, 0.25) is 0 Å². The summed E-state index contributed by atoms with van der Waals surface area (Å²) < 4.78 is 0. The number of carbonyl (C=O) groups excluding carboxylic acids is 1. The average molecular weight is 446 g/mol. The maximum atomic E-state index is 12.3. The number of amides is 1. The number of para-hydroxylation sites is 1. The molecule has 1 saturated carbocycles. The van der Waals surface area contributed by atoms with Crippen LogP contribution >= 0.6 is 0 Å². The second kappa shape index (κ2) is 9.22. The van der Waals surface area contributed by atoms with Crippen LogP contribution in [0.25, 0.3) is 10.9 Å². The monoisotopic (exact) mass is 445 g/mol. The number of rotatable bonds is 8. The van der Waals surface area contributed by atoms with E-state index in [1.165, 1.54) is 0 Å². The van der Waals surface area contributed by atoms with Crippen LogP contribution in [0.15, 0.2) is 54.6 Å². The minimum atomic E-state index is -0.930. The number of carboxylic acid groups (broad SMARTS) is 1. The van der Waals surface area contributed by atoms with E-state index in [1.54, 1.807) is 0 Å².